The van der Waals surface area contributed by atoms with Gasteiger partial charge in [-0.1, -0.05) is 23.2 Å². The van der Waals surface area contributed by atoms with Crippen LogP contribution in [0.5, 0.6) is 0 Å². The molecule has 1 fully saturated rings. The van der Waals surface area contributed by atoms with Crippen LogP contribution in [0.1, 0.15) is 29.6 Å². The van der Waals surface area contributed by atoms with E-state index in [1.807, 2.05) is 0 Å². The van der Waals surface area contributed by atoms with Crippen LogP contribution in [-0.4, -0.2) is 42.8 Å². The lowest BCUT2D eigenvalue weighted by Gasteiger charge is -2.20. The molecule has 1 amide bonds. The zero-order chi connectivity index (χ0) is 15.0. The molecule has 21 heavy (non-hydrogen) atoms. The van der Waals surface area contributed by atoms with Gasteiger partial charge in [0.15, 0.2) is 0 Å². The van der Waals surface area contributed by atoms with Gasteiger partial charge in [-0.2, -0.15) is 0 Å². The Hall–Kier alpha value is -1.10. The Balaban J connectivity index is 1.76. The van der Waals surface area contributed by atoms with E-state index in [2.05, 4.69) is 4.90 Å². The van der Waals surface area contributed by atoms with Crippen LogP contribution < -0.4 is 4.90 Å². The molecule has 3 rings (SSSR count). The molecule has 2 heterocycles. The second-order valence-corrected chi connectivity index (χ2v) is 6.26. The Morgan fingerprint density at radius 1 is 1.00 bits per heavy atom. The number of hydrogen-bond donors (Lipinski definition) is 0. The summed E-state index contributed by atoms with van der Waals surface area (Å²) in [6.07, 6.45) is 3.30. The molecule has 0 spiro atoms. The van der Waals surface area contributed by atoms with E-state index in [0.29, 0.717) is 17.3 Å². The second kappa shape index (κ2) is 5.95. The van der Waals surface area contributed by atoms with Crippen molar-refractivity contribution < 1.29 is 9.59 Å². The fraction of sp³-hybridized carbons (Fsp3) is 0.467. The number of hydrogen-bond acceptors (Lipinski definition) is 3. The number of halogens is 2. The van der Waals surface area contributed by atoms with Crippen LogP contribution >= 0.6 is 23.2 Å². The molecule has 1 saturated heterocycles. The first kappa shape index (κ1) is 14.8. The quantitative estimate of drug-likeness (QED) is 0.798. The van der Waals surface area contributed by atoms with Crippen LogP contribution in [-0.2, 0) is 4.79 Å². The van der Waals surface area contributed by atoms with Crippen molar-refractivity contribution in [2.24, 2.45) is 0 Å². The van der Waals surface area contributed by atoms with Gasteiger partial charge in [0.2, 0.25) is 0 Å². The van der Waals surface area contributed by atoms with E-state index in [-0.39, 0.29) is 10.6 Å². The molecule has 2 aliphatic rings. The molecule has 0 aliphatic carbocycles. The molecular weight excluding hydrogens is 311 g/mol. The maximum absolute atomic E-state index is 12.1. The normalized spacial score (nSPS) is 18.7. The number of amides is 1. The van der Waals surface area contributed by atoms with E-state index >= 15 is 0 Å². The number of fused-ring (bicyclic) bond motifs is 1. The lowest BCUT2D eigenvalue weighted by Crippen LogP contribution is -2.33. The fourth-order valence-corrected chi connectivity index (χ4v) is 3.52. The Labute approximate surface area is 133 Å². The van der Waals surface area contributed by atoms with E-state index in [1.165, 1.54) is 17.7 Å². The highest BCUT2D eigenvalue weighted by Crippen LogP contribution is 2.39. The number of anilines is 1. The Morgan fingerprint density at radius 2 is 1.67 bits per heavy atom. The maximum atomic E-state index is 12.1. The summed E-state index contributed by atoms with van der Waals surface area (Å²) in [5, 5.41) is 0.685. The minimum absolute atomic E-state index is 0.246. The summed E-state index contributed by atoms with van der Waals surface area (Å²) in [4.78, 5) is 28.0. The number of likely N-dealkylation sites (tertiary alicyclic amines) is 1. The van der Waals surface area contributed by atoms with Gasteiger partial charge in [0.05, 0.1) is 21.3 Å². The largest absolute Gasteiger partial charge is 0.303 e. The van der Waals surface area contributed by atoms with E-state index in [4.69, 9.17) is 23.2 Å². The third kappa shape index (κ3) is 2.68. The Morgan fingerprint density at radius 3 is 2.38 bits per heavy atom. The van der Waals surface area contributed by atoms with Crippen LogP contribution in [0.4, 0.5) is 5.69 Å². The number of nitrogens with zero attached hydrogens (tertiary/aromatic N) is 2. The first-order valence-corrected chi connectivity index (χ1v) is 7.91. The van der Waals surface area contributed by atoms with Crippen LogP contribution in [0, 0.1) is 0 Å². The van der Waals surface area contributed by atoms with Gasteiger partial charge < -0.3 is 9.80 Å². The lowest BCUT2D eigenvalue weighted by atomic mass is 10.1. The summed E-state index contributed by atoms with van der Waals surface area (Å²) in [5.74, 6) is -1.08. The van der Waals surface area contributed by atoms with Crippen molar-refractivity contribution in [3.05, 3.63) is 27.7 Å². The van der Waals surface area contributed by atoms with Gasteiger partial charge in [0, 0.05) is 6.54 Å². The highest BCUT2D eigenvalue weighted by atomic mass is 35.5. The van der Waals surface area contributed by atoms with Gasteiger partial charge in [-0.15, -0.1) is 0 Å². The van der Waals surface area contributed by atoms with Gasteiger partial charge in [0.25, 0.3) is 11.7 Å². The molecule has 6 heteroatoms. The molecule has 1 aromatic carbocycles. The fourth-order valence-electron chi connectivity index (χ4n) is 3.02. The van der Waals surface area contributed by atoms with Crippen LogP contribution in [0.2, 0.25) is 10.0 Å². The summed E-state index contributed by atoms with van der Waals surface area (Å²) < 4.78 is 0. The van der Waals surface area contributed by atoms with E-state index in [0.717, 1.165) is 26.1 Å². The van der Waals surface area contributed by atoms with E-state index < -0.39 is 11.7 Å². The number of ketones is 1. The predicted molar refractivity (Wildman–Crippen MR) is 83.4 cm³/mol. The predicted octanol–water partition coefficient (Wildman–Crippen LogP) is 3.01. The van der Waals surface area contributed by atoms with Gasteiger partial charge >= 0.3 is 0 Å². The van der Waals surface area contributed by atoms with Crippen molar-refractivity contribution in [2.45, 2.75) is 19.3 Å². The SMILES string of the molecule is O=C1C(=O)N(CCCN2CCCC2)c2c(Cl)ccc(Cl)c21. The molecular formula is C15H16Cl2N2O2. The van der Waals surface area contributed by atoms with E-state index in [9.17, 15) is 9.59 Å². The van der Waals surface area contributed by atoms with Crippen molar-refractivity contribution in [1.82, 2.24) is 4.90 Å². The van der Waals surface area contributed by atoms with Crippen molar-refractivity contribution >= 4 is 40.6 Å². The van der Waals surface area contributed by atoms with Gasteiger partial charge in [0.1, 0.15) is 0 Å². The molecule has 0 radical (unpaired) electrons. The number of carbonyl (C=O) groups is 2. The molecule has 0 N–H and O–H groups in total. The summed E-state index contributed by atoms with van der Waals surface area (Å²) in [6.45, 7) is 3.67. The van der Waals surface area contributed by atoms with Crippen molar-refractivity contribution in [2.75, 3.05) is 31.1 Å². The number of rotatable bonds is 4. The zero-order valence-corrected chi connectivity index (χ0v) is 13.1. The summed E-state index contributed by atoms with van der Waals surface area (Å²) in [5.41, 5.74) is 0.718. The summed E-state index contributed by atoms with van der Waals surface area (Å²) in [6, 6.07) is 3.18. The lowest BCUT2D eigenvalue weighted by molar-refractivity contribution is -0.114. The van der Waals surface area contributed by atoms with Crippen LogP contribution in [0.25, 0.3) is 0 Å². The number of benzene rings is 1. The highest BCUT2D eigenvalue weighted by Gasteiger charge is 2.38. The monoisotopic (exact) mass is 326 g/mol. The maximum Gasteiger partial charge on any atom is 0.299 e. The molecule has 0 bridgehead atoms. The molecule has 112 valence electrons. The molecule has 2 aliphatic heterocycles. The Kier molecular flexibility index (Phi) is 4.20. The first-order valence-electron chi connectivity index (χ1n) is 7.16. The standard InChI is InChI=1S/C15H16Cl2N2O2/c16-10-4-5-11(17)13-12(10)14(20)15(21)19(13)9-3-8-18-6-1-2-7-18/h4-5H,1-3,6-9H2. The first-order chi connectivity index (χ1) is 10.1. The van der Waals surface area contributed by atoms with E-state index in [1.54, 1.807) is 12.1 Å². The Bertz CT molecular complexity index is 598. The average Bonchev–Trinajstić information content (AvgIpc) is 3.06. The minimum Gasteiger partial charge on any atom is -0.303 e. The van der Waals surface area contributed by atoms with Crippen LogP contribution in [0.3, 0.4) is 0 Å². The third-order valence-corrected chi connectivity index (χ3v) is 4.69. The second-order valence-electron chi connectivity index (χ2n) is 5.44. The molecule has 0 saturated carbocycles. The van der Waals surface area contributed by atoms with Crippen molar-refractivity contribution in [3.63, 3.8) is 0 Å². The highest BCUT2D eigenvalue weighted by molar-refractivity contribution is 6.56. The topological polar surface area (TPSA) is 40.6 Å². The third-order valence-electron chi connectivity index (χ3n) is 4.07. The van der Waals surface area contributed by atoms with Crippen molar-refractivity contribution in [1.29, 1.82) is 0 Å². The molecule has 4 nitrogen and oxygen atoms in total. The minimum atomic E-state index is -0.557. The van der Waals surface area contributed by atoms with Gasteiger partial charge in [-0.25, -0.2) is 0 Å². The number of Topliss-reactive ketones (excluding diaryl/α,β-unsaturated/α-hetero) is 1. The average molecular weight is 327 g/mol. The van der Waals surface area contributed by atoms with Crippen molar-refractivity contribution in [3.8, 4) is 0 Å². The summed E-state index contributed by atoms with van der Waals surface area (Å²) in [7, 11) is 0. The zero-order valence-electron chi connectivity index (χ0n) is 11.6. The van der Waals surface area contributed by atoms with Crippen LogP contribution in [0.15, 0.2) is 12.1 Å². The van der Waals surface area contributed by atoms with Gasteiger partial charge in [-0.3, -0.25) is 9.59 Å². The molecule has 1 aromatic rings. The number of carbonyl (C=O) groups excluding carboxylic acids is 2. The molecule has 0 unspecified atom stereocenters. The molecule has 0 aromatic heterocycles. The van der Waals surface area contributed by atoms with Gasteiger partial charge in [-0.05, 0) is 51.0 Å². The smallest absolute Gasteiger partial charge is 0.299 e. The summed E-state index contributed by atoms with van der Waals surface area (Å²) >= 11 is 12.2. The molecule has 0 atom stereocenters.